The summed E-state index contributed by atoms with van der Waals surface area (Å²) in [5.74, 6) is -1.53. The van der Waals surface area contributed by atoms with Crippen LogP contribution in [0.15, 0.2) is 0 Å². The average Bonchev–Trinajstić information content (AvgIpc) is 2.66. The second kappa shape index (κ2) is 6.53. The Morgan fingerprint density at radius 3 is 2.71 bits per heavy atom. The minimum atomic E-state index is -1.10. The number of carboxylic acids is 1. The van der Waals surface area contributed by atoms with Crippen LogP contribution in [0.1, 0.15) is 6.42 Å². The van der Waals surface area contributed by atoms with E-state index in [2.05, 4.69) is 0 Å². The molecule has 0 saturated carbocycles. The van der Waals surface area contributed by atoms with Crippen molar-refractivity contribution >= 4 is 11.9 Å². The molecule has 2 atom stereocenters. The Morgan fingerprint density at radius 2 is 2.12 bits per heavy atom. The van der Waals surface area contributed by atoms with Crippen LogP contribution in [-0.4, -0.2) is 72.6 Å². The molecule has 1 heterocycles. The van der Waals surface area contributed by atoms with E-state index >= 15 is 0 Å². The minimum Gasteiger partial charge on any atom is -0.480 e. The van der Waals surface area contributed by atoms with Gasteiger partial charge in [-0.2, -0.15) is 0 Å². The number of β-amino-alcohol motifs (C(OH)–C–C–N with tert-alkyl or cyclic N) is 1. The molecular formula is C10H17NO6. The number of aliphatic carboxylic acids is 1. The van der Waals surface area contributed by atoms with Crippen molar-refractivity contribution in [2.45, 2.75) is 18.6 Å². The van der Waals surface area contributed by atoms with Crippen molar-refractivity contribution in [3.8, 4) is 0 Å². The van der Waals surface area contributed by atoms with Gasteiger partial charge in [-0.15, -0.1) is 0 Å². The molecule has 0 aromatic heterocycles. The lowest BCUT2D eigenvalue weighted by atomic mass is 10.2. The first-order chi connectivity index (χ1) is 8.06. The van der Waals surface area contributed by atoms with Gasteiger partial charge < -0.3 is 24.6 Å². The second-order valence-electron chi connectivity index (χ2n) is 3.84. The molecule has 1 amide bonds. The zero-order chi connectivity index (χ0) is 12.8. The summed E-state index contributed by atoms with van der Waals surface area (Å²) in [5.41, 5.74) is 0. The number of ether oxygens (including phenoxy) is 2. The quantitative estimate of drug-likeness (QED) is 0.566. The number of carboxylic acid groups (broad SMARTS) is 1. The largest absolute Gasteiger partial charge is 0.480 e. The molecule has 1 rings (SSSR count). The predicted molar refractivity (Wildman–Crippen MR) is 56.5 cm³/mol. The zero-order valence-electron chi connectivity index (χ0n) is 9.66. The molecule has 0 radical (unpaired) electrons. The molecule has 1 saturated heterocycles. The Kier molecular flexibility index (Phi) is 5.33. The van der Waals surface area contributed by atoms with E-state index in [9.17, 15) is 14.7 Å². The van der Waals surface area contributed by atoms with Gasteiger partial charge >= 0.3 is 5.97 Å². The maximum absolute atomic E-state index is 11.7. The molecule has 2 N–H and O–H groups in total. The van der Waals surface area contributed by atoms with E-state index in [1.165, 1.54) is 7.11 Å². The highest BCUT2D eigenvalue weighted by Crippen LogP contribution is 2.18. The lowest BCUT2D eigenvalue weighted by molar-refractivity contribution is -0.150. The molecule has 0 aliphatic carbocycles. The number of rotatable bonds is 6. The van der Waals surface area contributed by atoms with Crippen LogP contribution in [0, 0.1) is 0 Å². The number of nitrogens with zero attached hydrogens (tertiary/aromatic N) is 1. The maximum atomic E-state index is 11.7. The Bertz CT molecular complexity index is 282. The van der Waals surface area contributed by atoms with Crippen molar-refractivity contribution in [2.24, 2.45) is 0 Å². The number of hydrogen-bond donors (Lipinski definition) is 2. The molecule has 1 fully saturated rings. The van der Waals surface area contributed by atoms with E-state index in [1.54, 1.807) is 0 Å². The number of hydrogen-bond acceptors (Lipinski definition) is 5. The number of methoxy groups -OCH3 is 1. The highest BCUT2D eigenvalue weighted by molar-refractivity contribution is 5.85. The van der Waals surface area contributed by atoms with E-state index < -0.39 is 24.0 Å². The van der Waals surface area contributed by atoms with Gasteiger partial charge in [0.05, 0.1) is 19.3 Å². The van der Waals surface area contributed by atoms with E-state index in [1.807, 2.05) is 0 Å². The van der Waals surface area contributed by atoms with Gasteiger partial charge in [-0.25, -0.2) is 4.79 Å². The maximum Gasteiger partial charge on any atom is 0.326 e. The number of amides is 1. The number of carbonyl (C=O) groups excluding carboxylic acids is 1. The Morgan fingerprint density at radius 1 is 1.41 bits per heavy atom. The number of aliphatic hydroxyl groups is 1. The number of likely N-dealkylation sites (tertiary alicyclic amines) is 1. The third-order valence-corrected chi connectivity index (χ3v) is 2.54. The molecule has 17 heavy (non-hydrogen) atoms. The molecule has 1 aliphatic rings. The van der Waals surface area contributed by atoms with E-state index in [4.69, 9.17) is 14.6 Å². The first-order valence-electron chi connectivity index (χ1n) is 5.33. The van der Waals surface area contributed by atoms with Gasteiger partial charge in [0.1, 0.15) is 12.6 Å². The van der Waals surface area contributed by atoms with Crippen LogP contribution < -0.4 is 0 Å². The predicted octanol–water partition coefficient (Wildman–Crippen LogP) is -1.30. The van der Waals surface area contributed by atoms with Gasteiger partial charge in [-0.3, -0.25) is 4.79 Å². The van der Waals surface area contributed by atoms with Gasteiger partial charge in [0.15, 0.2) is 0 Å². The summed E-state index contributed by atoms with van der Waals surface area (Å²) in [5, 5.41) is 18.3. The second-order valence-corrected chi connectivity index (χ2v) is 3.84. The van der Waals surface area contributed by atoms with Crippen molar-refractivity contribution in [1.29, 1.82) is 0 Å². The first-order valence-corrected chi connectivity index (χ1v) is 5.33. The smallest absolute Gasteiger partial charge is 0.326 e. The summed E-state index contributed by atoms with van der Waals surface area (Å²) < 4.78 is 9.76. The lowest BCUT2D eigenvalue weighted by Crippen LogP contribution is -2.42. The Hall–Kier alpha value is -1.18. The van der Waals surface area contributed by atoms with E-state index in [0.717, 1.165) is 4.90 Å². The zero-order valence-corrected chi connectivity index (χ0v) is 9.66. The summed E-state index contributed by atoms with van der Waals surface area (Å²) in [6.07, 6.45) is -0.710. The molecule has 7 nitrogen and oxygen atoms in total. The molecule has 98 valence electrons. The van der Waals surface area contributed by atoms with Crippen molar-refractivity contribution < 1.29 is 29.3 Å². The summed E-state index contributed by atoms with van der Waals surface area (Å²) in [6, 6.07) is -0.955. The van der Waals surface area contributed by atoms with Crippen molar-refractivity contribution in [1.82, 2.24) is 4.90 Å². The number of carbonyl (C=O) groups is 2. The Balaban J connectivity index is 2.41. The van der Waals surface area contributed by atoms with Gasteiger partial charge in [-0.05, 0) is 0 Å². The fraction of sp³-hybridized carbons (Fsp3) is 0.800. The van der Waals surface area contributed by atoms with Crippen LogP contribution in [0.3, 0.4) is 0 Å². The van der Waals surface area contributed by atoms with E-state index in [0.29, 0.717) is 6.61 Å². The fourth-order valence-electron chi connectivity index (χ4n) is 1.71. The van der Waals surface area contributed by atoms with Crippen LogP contribution >= 0.6 is 0 Å². The minimum absolute atomic E-state index is 0.0451. The lowest BCUT2D eigenvalue weighted by Gasteiger charge is -2.20. The van der Waals surface area contributed by atoms with Crippen LogP contribution in [0.2, 0.25) is 0 Å². The SMILES string of the molecule is COCCOCC(=O)N1CC(O)C[C@H]1C(=O)O. The van der Waals surface area contributed by atoms with Gasteiger partial charge in [0.2, 0.25) is 5.91 Å². The fourth-order valence-corrected chi connectivity index (χ4v) is 1.71. The van der Waals surface area contributed by atoms with Crippen molar-refractivity contribution in [3.63, 3.8) is 0 Å². The van der Waals surface area contributed by atoms with Crippen LogP contribution in [0.5, 0.6) is 0 Å². The molecule has 0 bridgehead atoms. The molecule has 0 aromatic carbocycles. The monoisotopic (exact) mass is 247 g/mol. The normalized spacial score (nSPS) is 24.0. The Labute approximate surface area is 98.9 Å². The van der Waals surface area contributed by atoms with Crippen LogP contribution in [0.25, 0.3) is 0 Å². The highest BCUT2D eigenvalue weighted by Gasteiger charge is 2.38. The van der Waals surface area contributed by atoms with Gasteiger partial charge in [0.25, 0.3) is 0 Å². The first kappa shape index (κ1) is 13.9. The summed E-state index contributed by atoms with van der Waals surface area (Å²) in [4.78, 5) is 23.7. The molecule has 1 unspecified atom stereocenters. The third-order valence-electron chi connectivity index (χ3n) is 2.54. The van der Waals surface area contributed by atoms with Gasteiger partial charge in [0, 0.05) is 20.1 Å². The molecule has 1 aliphatic heterocycles. The van der Waals surface area contributed by atoms with Crippen molar-refractivity contribution in [3.05, 3.63) is 0 Å². The summed E-state index contributed by atoms with van der Waals surface area (Å²) in [7, 11) is 1.52. The summed E-state index contributed by atoms with van der Waals surface area (Å²) >= 11 is 0. The standard InChI is InChI=1S/C10H17NO6/c1-16-2-3-17-6-9(13)11-5-7(12)4-8(11)10(14)15/h7-8,12H,2-6H2,1H3,(H,14,15)/t7?,8-/m0/s1. The highest BCUT2D eigenvalue weighted by atomic mass is 16.5. The molecule has 0 spiro atoms. The number of aliphatic hydroxyl groups excluding tert-OH is 1. The summed E-state index contributed by atoms with van der Waals surface area (Å²) in [6.45, 7) is 0.498. The van der Waals surface area contributed by atoms with Gasteiger partial charge in [-0.1, -0.05) is 0 Å². The van der Waals surface area contributed by atoms with Crippen molar-refractivity contribution in [2.75, 3.05) is 33.5 Å². The third kappa shape index (κ3) is 3.95. The average molecular weight is 247 g/mol. The van der Waals surface area contributed by atoms with Crippen LogP contribution in [-0.2, 0) is 19.1 Å². The molecule has 0 aromatic rings. The molecular weight excluding hydrogens is 230 g/mol. The van der Waals surface area contributed by atoms with Crippen LogP contribution in [0.4, 0.5) is 0 Å². The molecule has 7 heteroatoms. The topological polar surface area (TPSA) is 96.3 Å². The van der Waals surface area contributed by atoms with E-state index in [-0.39, 0.29) is 26.2 Å².